The average Bonchev–Trinajstić information content (AvgIpc) is 3.21. The van der Waals surface area contributed by atoms with Crippen molar-refractivity contribution in [3.05, 3.63) is 40.7 Å². The predicted molar refractivity (Wildman–Crippen MR) is 130 cm³/mol. The Morgan fingerprint density at radius 2 is 1.94 bits per heavy atom. The molecular formula is C23H26N8O5. The quantitative estimate of drug-likeness (QED) is 0.281. The number of nitrogens with two attached hydrogens (primary N) is 2. The highest BCUT2D eigenvalue weighted by Crippen LogP contribution is 2.34. The number of carboxylic acid groups (broad SMARTS) is 2. The number of amides is 1. The van der Waals surface area contributed by atoms with E-state index in [-0.39, 0.29) is 31.0 Å². The molecule has 13 heteroatoms. The second-order valence-corrected chi connectivity index (χ2v) is 8.62. The van der Waals surface area contributed by atoms with Crippen LogP contribution < -0.4 is 21.7 Å². The number of hydrogen-bond acceptors (Lipinski definition) is 10. The summed E-state index contributed by atoms with van der Waals surface area (Å²) < 4.78 is 0. The normalized spacial score (nSPS) is 13.4. The fraction of sp³-hybridized carbons (Fsp3) is 0.348. The number of benzene rings is 1. The number of rotatable bonds is 9. The van der Waals surface area contributed by atoms with Gasteiger partial charge in [0.15, 0.2) is 17.0 Å². The van der Waals surface area contributed by atoms with E-state index in [0.717, 1.165) is 16.8 Å². The van der Waals surface area contributed by atoms with Crippen molar-refractivity contribution >= 4 is 46.5 Å². The number of aliphatic carboxylic acids is 2. The molecule has 2 aromatic heterocycles. The zero-order valence-corrected chi connectivity index (χ0v) is 19.6. The first-order chi connectivity index (χ1) is 17.1. The van der Waals surface area contributed by atoms with Crippen molar-refractivity contribution in [2.75, 3.05) is 22.9 Å². The lowest BCUT2D eigenvalue weighted by atomic mass is 10.0. The Bertz CT molecular complexity index is 1360. The number of fused-ring (bicyclic) bond motifs is 2. The molecule has 3 heterocycles. The highest BCUT2D eigenvalue weighted by Gasteiger charge is 2.26. The van der Waals surface area contributed by atoms with E-state index in [1.165, 1.54) is 0 Å². The number of carbonyl (C=O) groups is 3. The van der Waals surface area contributed by atoms with Gasteiger partial charge in [-0.05, 0) is 49.4 Å². The Balaban J connectivity index is 1.50. The molecule has 0 aliphatic carbocycles. The molecule has 188 valence electrons. The fourth-order valence-electron chi connectivity index (χ4n) is 4.36. The summed E-state index contributed by atoms with van der Waals surface area (Å²) in [5.74, 6) is -2.55. The summed E-state index contributed by atoms with van der Waals surface area (Å²) in [5.41, 5.74) is 16.1. The molecule has 4 rings (SSSR count). The van der Waals surface area contributed by atoms with Crippen molar-refractivity contribution in [1.29, 1.82) is 0 Å². The molecule has 13 nitrogen and oxygen atoms in total. The SMILES string of the molecule is Cc1cc(C(=O)N[C@@H](CCCC(=O)O)C(=O)O)cc2c1N(Cc1cnc3nc(N)nc(N)c3n1)CC2. The van der Waals surface area contributed by atoms with Crippen LogP contribution in [0.5, 0.6) is 0 Å². The molecule has 1 aliphatic rings. The topological polar surface area (TPSA) is 211 Å². The first kappa shape index (κ1) is 24.6. The Labute approximate surface area is 205 Å². The number of hydrogen-bond donors (Lipinski definition) is 5. The lowest BCUT2D eigenvalue weighted by Crippen LogP contribution is -2.40. The van der Waals surface area contributed by atoms with Gasteiger partial charge in [-0.1, -0.05) is 0 Å². The van der Waals surface area contributed by atoms with Gasteiger partial charge in [0.25, 0.3) is 5.91 Å². The van der Waals surface area contributed by atoms with Gasteiger partial charge in [-0.2, -0.15) is 9.97 Å². The standard InChI is InChI=1S/C23H26N8O5/c1-11-7-13(21(34)28-15(22(35)36)3-2-4-16(32)33)8-12-5-6-31(18(11)12)10-14-9-26-20-17(27-14)19(24)29-23(25)30-20/h7-9,15H,2-6,10H2,1H3,(H,28,34)(H,32,33)(H,35,36)(H4,24,25,26,29,30)/t15-/m0/s1. The van der Waals surface area contributed by atoms with Crippen LogP contribution in [0, 0.1) is 6.92 Å². The van der Waals surface area contributed by atoms with Crippen molar-refractivity contribution in [2.45, 2.75) is 45.2 Å². The van der Waals surface area contributed by atoms with Gasteiger partial charge in [-0.25, -0.2) is 14.8 Å². The second kappa shape index (κ2) is 9.98. The average molecular weight is 495 g/mol. The lowest BCUT2D eigenvalue weighted by molar-refractivity contribution is -0.140. The van der Waals surface area contributed by atoms with Crippen molar-refractivity contribution in [3.63, 3.8) is 0 Å². The molecular weight excluding hydrogens is 468 g/mol. The van der Waals surface area contributed by atoms with Crippen LogP contribution >= 0.6 is 0 Å². The Hall–Kier alpha value is -4.55. The minimum Gasteiger partial charge on any atom is -0.481 e. The van der Waals surface area contributed by atoms with E-state index in [1.807, 2.05) is 6.92 Å². The van der Waals surface area contributed by atoms with Crippen LogP contribution in [0.2, 0.25) is 0 Å². The van der Waals surface area contributed by atoms with Gasteiger partial charge >= 0.3 is 11.9 Å². The van der Waals surface area contributed by atoms with Crippen LogP contribution in [-0.2, 0) is 22.6 Å². The Morgan fingerprint density at radius 3 is 2.67 bits per heavy atom. The largest absolute Gasteiger partial charge is 0.481 e. The molecule has 0 bridgehead atoms. The number of nitrogen functional groups attached to an aromatic ring is 2. The summed E-state index contributed by atoms with van der Waals surface area (Å²) in [6.07, 6.45) is 2.32. The highest BCUT2D eigenvalue weighted by molar-refractivity contribution is 5.97. The molecule has 3 aromatic rings. The molecule has 0 fully saturated rings. The van der Waals surface area contributed by atoms with Crippen LogP contribution in [0.15, 0.2) is 18.3 Å². The van der Waals surface area contributed by atoms with E-state index in [1.54, 1.807) is 18.3 Å². The van der Waals surface area contributed by atoms with E-state index < -0.39 is 23.9 Å². The van der Waals surface area contributed by atoms with Gasteiger partial charge in [0.2, 0.25) is 5.95 Å². The molecule has 1 amide bonds. The van der Waals surface area contributed by atoms with E-state index in [2.05, 4.69) is 30.2 Å². The van der Waals surface area contributed by atoms with Gasteiger partial charge in [0.1, 0.15) is 6.04 Å². The first-order valence-corrected chi connectivity index (χ1v) is 11.3. The summed E-state index contributed by atoms with van der Waals surface area (Å²) >= 11 is 0. The molecule has 1 atom stereocenters. The molecule has 0 radical (unpaired) electrons. The van der Waals surface area contributed by atoms with Crippen LogP contribution in [0.25, 0.3) is 11.2 Å². The van der Waals surface area contributed by atoms with Crippen LogP contribution in [0.1, 0.15) is 46.4 Å². The number of nitrogens with one attached hydrogen (secondary N) is 1. The van der Waals surface area contributed by atoms with Crippen molar-refractivity contribution < 1.29 is 24.6 Å². The number of nitrogens with zero attached hydrogens (tertiary/aromatic N) is 5. The first-order valence-electron chi connectivity index (χ1n) is 11.3. The summed E-state index contributed by atoms with van der Waals surface area (Å²) in [7, 11) is 0. The van der Waals surface area contributed by atoms with Crippen LogP contribution in [0.4, 0.5) is 17.5 Å². The van der Waals surface area contributed by atoms with Gasteiger partial charge in [-0.15, -0.1) is 0 Å². The maximum atomic E-state index is 12.8. The van der Waals surface area contributed by atoms with Gasteiger partial charge in [0, 0.05) is 24.2 Å². The van der Waals surface area contributed by atoms with Gasteiger partial charge < -0.3 is 31.9 Å². The van der Waals surface area contributed by atoms with Crippen molar-refractivity contribution in [1.82, 2.24) is 25.3 Å². The molecule has 0 saturated heterocycles. The third-order valence-electron chi connectivity index (χ3n) is 5.95. The number of aromatic nitrogens is 4. The molecule has 0 unspecified atom stereocenters. The molecule has 7 N–H and O–H groups in total. The third kappa shape index (κ3) is 5.24. The van der Waals surface area contributed by atoms with Crippen molar-refractivity contribution in [2.24, 2.45) is 0 Å². The molecule has 1 aliphatic heterocycles. The molecule has 36 heavy (non-hydrogen) atoms. The maximum Gasteiger partial charge on any atom is 0.326 e. The number of carbonyl (C=O) groups excluding carboxylic acids is 1. The molecule has 1 aromatic carbocycles. The molecule has 0 saturated carbocycles. The predicted octanol–water partition coefficient (Wildman–Crippen LogP) is 0.893. The van der Waals surface area contributed by atoms with Crippen LogP contribution in [0.3, 0.4) is 0 Å². The van der Waals surface area contributed by atoms with Crippen LogP contribution in [-0.4, -0.2) is 60.6 Å². The zero-order chi connectivity index (χ0) is 26.0. The smallest absolute Gasteiger partial charge is 0.326 e. The van der Waals surface area contributed by atoms with E-state index in [9.17, 15) is 19.5 Å². The minimum absolute atomic E-state index is 0.0278. The van der Waals surface area contributed by atoms with E-state index >= 15 is 0 Å². The number of aryl methyl sites for hydroxylation is 1. The lowest BCUT2D eigenvalue weighted by Gasteiger charge is -2.21. The van der Waals surface area contributed by atoms with E-state index in [0.29, 0.717) is 41.9 Å². The minimum atomic E-state index is -1.21. The number of carboxylic acids is 2. The zero-order valence-electron chi connectivity index (χ0n) is 19.6. The summed E-state index contributed by atoms with van der Waals surface area (Å²) in [5, 5.41) is 20.7. The third-order valence-corrected chi connectivity index (χ3v) is 5.95. The second-order valence-electron chi connectivity index (χ2n) is 8.62. The summed E-state index contributed by atoms with van der Waals surface area (Å²) in [6.45, 7) is 3.04. The summed E-state index contributed by atoms with van der Waals surface area (Å²) in [4.78, 5) is 54.0. The van der Waals surface area contributed by atoms with Gasteiger partial charge in [-0.3, -0.25) is 9.59 Å². The maximum absolute atomic E-state index is 12.8. The fourth-order valence-corrected chi connectivity index (χ4v) is 4.36. The van der Waals surface area contributed by atoms with E-state index in [4.69, 9.17) is 16.6 Å². The van der Waals surface area contributed by atoms with Gasteiger partial charge in [0.05, 0.1) is 18.4 Å². The van der Waals surface area contributed by atoms with Crippen molar-refractivity contribution in [3.8, 4) is 0 Å². The molecule has 0 spiro atoms. The Kier molecular flexibility index (Phi) is 6.81. The summed E-state index contributed by atoms with van der Waals surface area (Å²) in [6, 6.07) is 2.30. The highest BCUT2D eigenvalue weighted by atomic mass is 16.4. The monoisotopic (exact) mass is 494 g/mol. The number of anilines is 3. The Morgan fingerprint density at radius 1 is 1.17 bits per heavy atom.